The predicted octanol–water partition coefficient (Wildman–Crippen LogP) is 4.12. The second-order valence-corrected chi connectivity index (χ2v) is 8.89. The van der Waals surface area contributed by atoms with Gasteiger partial charge in [0.1, 0.15) is 22.5 Å². The van der Waals surface area contributed by atoms with Gasteiger partial charge in [0.15, 0.2) is 0 Å². The Kier molecular flexibility index (Phi) is 7.39. The number of nitrogens with zero attached hydrogens (tertiary/aromatic N) is 3. The minimum Gasteiger partial charge on any atom is -0.393 e. The van der Waals surface area contributed by atoms with Crippen molar-refractivity contribution in [2.45, 2.75) is 65.4 Å². The second-order valence-electron chi connectivity index (χ2n) is 7.80. The van der Waals surface area contributed by atoms with Crippen molar-refractivity contribution >= 4 is 23.0 Å². The van der Waals surface area contributed by atoms with Gasteiger partial charge in [0.25, 0.3) is 0 Å². The van der Waals surface area contributed by atoms with Gasteiger partial charge in [-0.3, -0.25) is 0 Å². The molecule has 5 N–H and O–H groups in total. The maximum absolute atomic E-state index is 9.64. The van der Waals surface area contributed by atoms with Crippen molar-refractivity contribution < 1.29 is 5.11 Å². The number of hydrogen-bond acceptors (Lipinski definition) is 7. The third-order valence-corrected chi connectivity index (χ3v) is 6.29. The Balaban J connectivity index is 1.83. The number of thiazole rings is 1. The number of nitrogens with two attached hydrogens (primary N) is 2. The average Bonchev–Trinajstić information content (AvgIpc) is 3.08. The molecule has 2 aromatic heterocycles. The van der Waals surface area contributed by atoms with Crippen molar-refractivity contribution in [3.8, 4) is 10.6 Å². The average molecular weight is 426 g/mol. The van der Waals surface area contributed by atoms with E-state index < -0.39 is 0 Å². The van der Waals surface area contributed by atoms with E-state index in [-0.39, 0.29) is 6.10 Å². The topological polar surface area (TPSA) is 111 Å². The summed E-state index contributed by atoms with van der Waals surface area (Å²) in [5, 5.41) is 10.7. The number of aliphatic hydroxyl groups is 1. The number of aryl methyl sites for hydroxylation is 5. The van der Waals surface area contributed by atoms with Crippen molar-refractivity contribution in [1.82, 2.24) is 15.0 Å². The molecule has 3 aromatic rings. The standard InChI is InChI=1S/C23H31N5OS/c1-4-5-19-18(10-11-22-27-20(24)13-21(25)28-22)26-23(30-19)17-8-6-14(2)16(12-17)9-7-15(3)29/h6,8,12-13,15,29H,4-5,7,9-11H2,1-3H3,(H4,24,25,27,28). The smallest absolute Gasteiger partial charge is 0.133 e. The molecule has 6 nitrogen and oxygen atoms in total. The summed E-state index contributed by atoms with van der Waals surface area (Å²) < 4.78 is 0. The highest BCUT2D eigenvalue weighted by Gasteiger charge is 2.14. The zero-order valence-electron chi connectivity index (χ0n) is 18.0. The predicted molar refractivity (Wildman–Crippen MR) is 125 cm³/mol. The Labute approximate surface area is 182 Å². The summed E-state index contributed by atoms with van der Waals surface area (Å²) in [5.41, 5.74) is 16.4. The van der Waals surface area contributed by atoms with E-state index in [1.54, 1.807) is 17.4 Å². The highest BCUT2D eigenvalue weighted by atomic mass is 32.1. The fourth-order valence-electron chi connectivity index (χ4n) is 3.44. The van der Waals surface area contributed by atoms with Crippen LogP contribution in [0.2, 0.25) is 0 Å². The zero-order chi connectivity index (χ0) is 21.7. The molecule has 160 valence electrons. The minimum absolute atomic E-state index is 0.293. The molecule has 30 heavy (non-hydrogen) atoms. The Morgan fingerprint density at radius 2 is 1.73 bits per heavy atom. The van der Waals surface area contributed by atoms with Gasteiger partial charge in [-0.1, -0.05) is 25.5 Å². The summed E-state index contributed by atoms with van der Waals surface area (Å²) in [6.07, 6.45) is 4.83. The van der Waals surface area contributed by atoms with E-state index in [1.807, 2.05) is 6.92 Å². The van der Waals surface area contributed by atoms with E-state index in [1.165, 1.54) is 16.0 Å². The van der Waals surface area contributed by atoms with Crippen LogP contribution in [0.4, 0.5) is 11.6 Å². The molecule has 0 spiro atoms. The molecular formula is C23H31N5OS. The summed E-state index contributed by atoms with van der Waals surface area (Å²) in [6, 6.07) is 8.08. The number of hydrogen-bond donors (Lipinski definition) is 3. The van der Waals surface area contributed by atoms with Crippen LogP contribution < -0.4 is 11.5 Å². The van der Waals surface area contributed by atoms with E-state index in [0.717, 1.165) is 48.4 Å². The van der Waals surface area contributed by atoms with E-state index in [9.17, 15) is 5.11 Å². The SMILES string of the molecule is CCCc1sc(-c2ccc(C)c(CCC(C)O)c2)nc1CCc1nc(N)cc(N)n1. The van der Waals surface area contributed by atoms with Gasteiger partial charge >= 0.3 is 0 Å². The van der Waals surface area contributed by atoms with Crippen LogP contribution in [-0.2, 0) is 25.7 Å². The van der Waals surface area contributed by atoms with Gasteiger partial charge < -0.3 is 16.6 Å². The van der Waals surface area contributed by atoms with Crippen molar-refractivity contribution in [3.63, 3.8) is 0 Å². The highest BCUT2D eigenvalue weighted by molar-refractivity contribution is 7.15. The molecule has 0 fully saturated rings. The van der Waals surface area contributed by atoms with Crippen molar-refractivity contribution in [1.29, 1.82) is 0 Å². The lowest BCUT2D eigenvalue weighted by atomic mass is 10.00. The second kappa shape index (κ2) is 10.00. The maximum Gasteiger partial charge on any atom is 0.133 e. The molecule has 0 saturated carbocycles. The first-order valence-electron chi connectivity index (χ1n) is 10.5. The van der Waals surface area contributed by atoms with Gasteiger partial charge in [0.05, 0.1) is 11.8 Å². The molecule has 1 unspecified atom stereocenters. The van der Waals surface area contributed by atoms with E-state index in [0.29, 0.717) is 23.9 Å². The molecule has 0 saturated heterocycles. The molecule has 0 aliphatic carbocycles. The van der Waals surface area contributed by atoms with Crippen LogP contribution in [0.5, 0.6) is 0 Å². The van der Waals surface area contributed by atoms with Gasteiger partial charge in [-0.25, -0.2) is 15.0 Å². The molecule has 2 heterocycles. The van der Waals surface area contributed by atoms with Gasteiger partial charge in [-0.2, -0.15) is 0 Å². The van der Waals surface area contributed by atoms with Gasteiger partial charge in [0.2, 0.25) is 0 Å². The third kappa shape index (κ3) is 5.77. The summed E-state index contributed by atoms with van der Waals surface area (Å²) in [5.74, 6) is 1.45. The lowest BCUT2D eigenvalue weighted by molar-refractivity contribution is 0.185. The van der Waals surface area contributed by atoms with Crippen LogP contribution in [0.15, 0.2) is 24.3 Å². The molecule has 0 aliphatic heterocycles. The summed E-state index contributed by atoms with van der Waals surface area (Å²) in [4.78, 5) is 14.9. The van der Waals surface area contributed by atoms with Gasteiger partial charge in [0, 0.05) is 22.9 Å². The number of aliphatic hydroxyl groups excluding tert-OH is 1. The molecule has 0 bridgehead atoms. The summed E-state index contributed by atoms with van der Waals surface area (Å²) in [7, 11) is 0. The van der Waals surface area contributed by atoms with Crippen molar-refractivity contribution in [2.75, 3.05) is 11.5 Å². The fourth-order valence-corrected chi connectivity index (χ4v) is 4.65. The van der Waals surface area contributed by atoms with Gasteiger partial charge in [-0.15, -0.1) is 11.3 Å². The number of anilines is 2. The molecule has 1 aromatic carbocycles. The van der Waals surface area contributed by atoms with E-state index >= 15 is 0 Å². The lowest BCUT2D eigenvalue weighted by Gasteiger charge is -2.09. The van der Waals surface area contributed by atoms with Crippen LogP contribution in [0.3, 0.4) is 0 Å². The Morgan fingerprint density at radius 3 is 2.40 bits per heavy atom. The molecule has 3 rings (SSSR count). The van der Waals surface area contributed by atoms with Crippen LogP contribution in [0, 0.1) is 6.92 Å². The quantitative estimate of drug-likeness (QED) is 0.475. The number of benzene rings is 1. The largest absolute Gasteiger partial charge is 0.393 e. The monoisotopic (exact) mass is 425 g/mol. The van der Waals surface area contributed by atoms with Crippen molar-refractivity contribution in [2.24, 2.45) is 0 Å². The number of aromatic nitrogens is 3. The Bertz CT molecular complexity index is 979. The van der Waals surface area contributed by atoms with Crippen LogP contribution in [0.25, 0.3) is 10.6 Å². The van der Waals surface area contributed by atoms with Crippen LogP contribution in [0.1, 0.15) is 54.2 Å². The first kappa shape index (κ1) is 22.2. The highest BCUT2D eigenvalue weighted by Crippen LogP contribution is 2.31. The normalized spacial score (nSPS) is 12.3. The third-order valence-electron chi connectivity index (χ3n) is 5.08. The van der Waals surface area contributed by atoms with E-state index in [4.69, 9.17) is 16.5 Å². The minimum atomic E-state index is -0.293. The van der Waals surface area contributed by atoms with Gasteiger partial charge in [-0.05, 0) is 56.7 Å². The Morgan fingerprint density at radius 1 is 1.00 bits per heavy atom. The van der Waals surface area contributed by atoms with Crippen molar-refractivity contribution in [3.05, 3.63) is 51.8 Å². The molecule has 0 aliphatic rings. The Hall–Kier alpha value is -2.51. The lowest BCUT2D eigenvalue weighted by Crippen LogP contribution is -2.05. The molecular weight excluding hydrogens is 394 g/mol. The molecule has 0 radical (unpaired) electrons. The van der Waals surface area contributed by atoms with Crippen LogP contribution in [-0.4, -0.2) is 26.2 Å². The number of nitrogen functional groups attached to an aromatic ring is 2. The van der Waals surface area contributed by atoms with E-state index in [2.05, 4.69) is 42.0 Å². The first-order valence-corrected chi connectivity index (χ1v) is 11.3. The maximum atomic E-state index is 9.64. The first-order chi connectivity index (χ1) is 14.4. The van der Waals surface area contributed by atoms with Crippen LogP contribution >= 0.6 is 11.3 Å². The zero-order valence-corrected chi connectivity index (χ0v) is 18.8. The number of rotatable bonds is 9. The summed E-state index contributed by atoms with van der Waals surface area (Å²) in [6.45, 7) is 6.14. The molecule has 1 atom stereocenters. The molecule has 0 amide bonds. The summed E-state index contributed by atoms with van der Waals surface area (Å²) >= 11 is 1.77. The fraction of sp³-hybridized carbons (Fsp3) is 0.435. The molecule has 7 heteroatoms.